The number of hydrogen-bond acceptors (Lipinski definition) is 3. The third-order valence-corrected chi connectivity index (χ3v) is 3.68. The van der Waals surface area contributed by atoms with Crippen LogP contribution in [0.15, 0.2) is 52.3 Å². The van der Waals surface area contributed by atoms with Gasteiger partial charge in [-0.25, -0.2) is 0 Å². The summed E-state index contributed by atoms with van der Waals surface area (Å²) >= 11 is 1.55. The topological polar surface area (TPSA) is 33.0 Å². The summed E-state index contributed by atoms with van der Waals surface area (Å²) in [4.78, 5) is 1.97. The second-order valence-corrected chi connectivity index (χ2v) is 4.95. The molecule has 0 aromatic heterocycles. The summed E-state index contributed by atoms with van der Waals surface area (Å²) < 4.78 is 5.31. The zero-order valence-corrected chi connectivity index (χ0v) is 11.1. The van der Waals surface area contributed by atoms with Gasteiger partial charge in [-0.15, -0.1) is 0 Å². The van der Waals surface area contributed by atoms with Crippen LogP contribution in [-0.2, 0) is 0 Å². The smallest absolute Gasteiger partial charge is 0.132 e. The fourth-order valence-electron chi connectivity index (χ4n) is 1.64. The molecule has 0 atom stereocenters. The van der Waals surface area contributed by atoms with Crippen molar-refractivity contribution in [3.05, 3.63) is 53.6 Å². The zero-order valence-electron chi connectivity index (χ0n) is 10.3. The van der Waals surface area contributed by atoms with Gasteiger partial charge in [-0.1, -0.05) is 30.0 Å². The van der Waals surface area contributed by atoms with E-state index in [1.165, 1.54) is 0 Å². The van der Waals surface area contributed by atoms with Crippen LogP contribution in [0.1, 0.15) is 11.1 Å². The Bertz CT molecular complexity index is 602. The van der Waals surface area contributed by atoms with Crippen molar-refractivity contribution in [1.82, 2.24) is 0 Å². The number of benzene rings is 2. The molecule has 0 aliphatic heterocycles. The first-order valence-corrected chi connectivity index (χ1v) is 6.38. The van der Waals surface area contributed by atoms with Crippen molar-refractivity contribution in [3.63, 3.8) is 0 Å². The lowest BCUT2D eigenvalue weighted by Gasteiger charge is -2.09. The standard InChI is InChI=1S/C15H13NOS/c1-11-7-8-14(12(9-11)10-16)18-15-6-4-3-5-13(15)17-2/h3-9H,1-2H3. The van der Waals surface area contributed by atoms with Crippen molar-refractivity contribution in [1.29, 1.82) is 5.26 Å². The Hall–Kier alpha value is -1.92. The molecule has 0 radical (unpaired) electrons. The van der Waals surface area contributed by atoms with Crippen molar-refractivity contribution in [2.75, 3.05) is 7.11 Å². The van der Waals surface area contributed by atoms with E-state index >= 15 is 0 Å². The van der Waals surface area contributed by atoms with E-state index < -0.39 is 0 Å². The summed E-state index contributed by atoms with van der Waals surface area (Å²) in [7, 11) is 1.65. The van der Waals surface area contributed by atoms with E-state index in [0.717, 1.165) is 21.1 Å². The van der Waals surface area contributed by atoms with Crippen LogP contribution >= 0.6 is 11.8 Å². The van der Waals surface area contributed by atoms with Gasteiger partial charge in [-0.2, -0.15) is 5.26 Å². The van der Waals surface area contributed by atoms with Crippen LogP contribution in [0.4, 0.5) is 0 Å². The van der Waals surface area contributed by atoms with E-state index in [9.17, 15) is 0 Å². The normalized spacial score (nSPS) is 9.83. The van der Waals surface area contributed by atoms with Crippen molar-refractivity contribution >= 4 is 11.8 Å². The minimum atomic E-state index is 0.700. The van der Waals surface area contributed by atoms with Gasteiger partial charge in [0, 0.05) is 4.90 Å². The molecule has 0 N–H and O–H groups in total. The van der Waals surface area contributed by atoms with Crippen LogP contribution in [0.25, 0.3) is 0 Å². The molecular weight excluding hydrogens is 242 g/mol. The second-order valence-electron chi connectivity index (χ2n) is 3.86. The fraction of sp³-hybridized carbons (Fsp3) is 0.133. The molecule has 0 aliphatic rings. The summed E-state index contributed by atoms with van der Waals surface area (Å²) in [6.07, 6.45) is 0. The molecule has 2 aromatic carbocycles. The lowest BCUT2D eigenvalue weighted by molar-refractivity contribution is 0.405. The first kappa shape index (κ1) is 12.5. The number of nitriles is 1. The van der Waals surface area contributed by atoms with Gasteiger partial charge in [-0.3, -0.25) is 0 Å². The molecule has 2 rings (SSSR count). The fourth-order valence-corrected chi connectivity index (χ4v) is 2.63. The predicted molar refractivity (Wildman–Crippen MR) is 73.0 cm³/mol. The van der Waals surface area contributed by atoms with Gasteiger partial charge in [0.25, 0.3) is 0 Å². The maximum Gasteiger partial charge on any atom is 0.132 e. The van der Waals surface area contributed by atoms with Crippen LogP contribution in [0.5, 0.6) is 5.75 Å². The summed E-state index contributed by atoms with van der Waals surface area (Å²) in [6.45, 7) is 1.98. The van der Waals surface area contributed by atoms with Crippen molar-refractivity contribution < 1.29 is 4.74 Å². The number of methoxy groups -OCH3 is 1. The molecule has 0 saturated heterocycles. The van der Waals surface area contributed by atoms with E-state index in [1.807, 2.05) is 49.4 Å². The maximum atomic E-state index is 9.15. The van der Waals surface area contributed by atoms with Crippen LogP contribution in [0.2, 0.25) is 0 Å². The highest BCUT2D eigenvalue weighted by Gasteiger charge is 2.08. The average molecular weight is 255 g/mol. The minimum absolute atomic E-state index is 0.700. The lowest BCUT2D eigenvalue weighted by atomic mass is 10.2. The van der Waals surface area contributed by atoms with Crippen LogP contribution in [0.3, 0.4) is 0 Å². The van der Waals surface area contributed by atoms with Gasteiger partial charge < -0.3 is 4.74 Å². The Balaban J connectivity index is 2.37. The van der Waals surface area contributed by atoms with Gasteiger partial charge in [0.15, 0.2) is 0 Å². The molecule has 18 heavy (non-hydrogen) atoms. The molecule has 90 valence electrons. The van der Waals surface area contributed by atoms with Gasteiger partial charge in [-0.05, 0) is 36.8 Å². The quantitative estimate of drug-likeness (QED) is 0.830. The molecule has 0 aliphatic carbocycles. The van der Waals surface area contributed by atoms with E-state index in [4.69, 9.17) is 10.00 Å². The average Bonchev–Trinajstić information content (AvgIpc) is 2.41. The molecular formula is C15H13NOS. The Kier molecular flexibility index (Phi) is 3.91. The number of ether oxygens (including phenoxy) is 1. The first-order chi connectivity index (χ1) is 8.74. The highest BCUT2D eigenvalue weighted by atomic mass is 32.2. The third-order valence-electron chi connectivity index (χ3n) is 2.54. The van der Waals surface area contributed by atoms with E-state index in [1.54, 1.807) is 18.9 Å². The van der Waals surface area contributed by atoms with E-state index in [-0.39, 0.29) is 0 Å². The van der Waals surface area contributed by atoms with Crippen molar-refractivity contribution in [2.45, 2.75) is 16.7 Å². The van der Waals surface area contributed by atoms with Gasteiger partial charge >= 0.3 is 0 Å². The van der Waals surface area contributed by atoms with Crippen molar-refractivity contribution in [3.8, 4) is 11.8 Å². The molecule has 0 spiro atoms. The largest absolute Gasteiger partial charge is 0.496 e. The number of nitrogens with zero attached hydrogens (tertiary/aromatic N) is 1. The second kappa shape index (κ2) is 5.61. The molecule has 3 heteroatoms. The molecule has 0 amide bonds. The molecule has 0 fully saturated rings. The SMILES string of the molecule is COc1ccccc1Sc1ccc(C)cc1C#N. The Labute approximate surface area is 111 Å². The monoisotopic (exact) mass is 255 g/mol. The number of hydrogen-bond donors (Lipinski definition) is 0. The number of aryl methyl sites for hydroxylation is 1. The Morgan fingerprint density at radius 3 is 2.61 bits per heavy atom. The highest BCUT2D eigenvalue weighted by molar-refractivity contribution is 7.99. The lowest BCUT2D eigenvalue weighted by Crippen LogP contribution is -1.87. The Morgan fingerprint density at radius 1 is 1.11 bits per heavy atom. The number of para-hydroxylation sites is 1. The maximum absolute atomic E-state index is 9.15. The third kappa shape index (κ3) is 2.66. The highest BCUT2D eigenvalue weighted by Crippen LogP contribution is 2.36. The Morgan fingerprint density at radius 2 is 1.89 bits per heavy atom. The molecule has 0 unspecified atom stereocenters. The molecule has 0 heterocycles. The summed E-state index contributed by atoms with van der Waals surface area (Å²) in [5, 5.41) is 9.15. The van der Waals surface area contributed by atoms with Crippen LogP contribution < -0.4 is 4.74 Å². The van der Waals surface area contributed by atoms with Crippen LogP contribution in [0, 0.1) is 18.3 Å². The summed E-state index contributed by atoms with van der Waals surface area (Å²) in [5.41, 5.74) is 1.79. The number of rotatable bonds is 3. The van der Waals surface area contributed by atoms with Gasteiger partial charge in [0.1, 0.15) is 11.8 Å². The van der Waals surface area contributed by atoms with Gasteiger partial charge in [0.2, 0.25) is 0 Å². The van der Waals surface area contributed by atoms with E-state index in [2.05, 4.69) is 6.07 Å². The molecule has 2 nitrogen and oxygen atoms in total. The van der Waals surface area contributed by atoms with E-state index in [0.29, 0.717) is 5.56 Å². The molecule has 0 bridgehead atoms. The summed E-state index contributed by atoms with van der Waals surface area (Å²) in [5.74, 6) is 0.826. The molecule has 2 aromatic rings. The predicted octanol–water partition coefficient (Wildman–Crippen LogP) is 4.03. The van der Waals surface area contributed by atoms with Crippen LogP contribution in [-0.4, -0.2) is 7.11 Å². The summed E-state index contributed by atoms with van der Waals surface area (Å²) in [6, 6.07) is 15.9. The minimum Gasteiger partial charge on any atom is -0.496 e. The van der Waals surface area contributed by atoms with Gasteiger partial charge in [0.05, 0.1) is 17.6 Å². The first-order valence-electron chi connectivity index (χ1n) is 5.56. The van der Waals surface area contributed by atoms with Crippen molar-refractivity contribution in [2.24, 2.45) is 0 Å². The molecule has 0 saturated carbocycles. The zero-order chi connectivity index (χ0) is 13.0.